The van der Waals surface area contributed by atoms with Gasteiger partial charge in [-0.2, -0.15) is 0 Å². The third-order valence-corrected chi connectivity index (χ3v) is 2.93. The second-order valence-corrected chi connectivity index (χ2v) is 4.23. The zero-order chi connectivity index (χ0) is 8.97. The predicted molar refractivity (Wildman–Crippen MR) is 53.4 cm³/mol. The highest BCUT2D eigenvalue weighted by atomic mass is 79.9. The van der Waals surface area contributed by atoms with Crippen LogP contribution in [0.3, 0.4) is 0 Å². The van der Waals surface area contributed by atoms with Crippen molar-refractivity contribution in [1.82, 2.24) is 5.32 Å². The summed E-state index contributed by atoms with van der Waals surface area (Å²) in [5.74, 6) is 0.897. The van der Waals surface area contributed by atoms with Crippen LogP contribution in [0, 0.1) is 5.92 Å². The fraction of sp³-hybridized carbons (Fsp3) is 0.889. The van der Waals surface area contributed by atoms with Gasteiger partial charge in [-0.15, -0.1) is 0 Å². The number of halogens is 1. The van der Waals surface area contributed by atoms with Gasteiger partial charge in [0.25, 0.3) is 0 Å². The van der Waals surface area contributed by atoms with Gasteiger partial charge in [-0.25, -0.2) is 0 Å². The van der Waals surface area contributed by atoms with Crippen LogP contribution in [0.5, 0.6) is 0 Å². The number of carbonyl (C=O) groups is 1. The van der Waals surface area contributed by atoms with Crippen LogP contribution in [0.2, 0.25) is 0 Å². The molecule has 2 unspecified atom stereocenters. The van der Waals surface area contributed by atoms with Gasteiger partial charge in [0.2, 0.25) is 5.91 Å². The Balaban J connectivity index is 2.27. The molecule has 1 rings (SSSR count). The predicted octanol–water partition coefficient (Wildman–Crippen LogP) is 2.08. The van der Waals surface area contributed by atoms with E-state index in [1.165, 1.54) is 12.8 Å². The van der Waals surface area contributed by atoms with E-state index in [0.29, 0.717) is 11.4 Å². The molecule has 3 heteroatoms. The van der Waals surface area contributed by atoms with Gasteiger partial charge in [0.15, 0.2) is 0 Å². The SMILES string of the molecule is CC1CCCC(NC(=O)CBr)C1. The summed E-state index contributed by atoms with van der Waals surface area (Å²) in [4.78, 5) is 11.0. The van der Waals surface area contributed by atoms with Crippen LogP contribution in [0.25, 0.3) is 0 Å². The fourth-order valence-corrected chi connectivity index (χ4v) is 1.99. The Labute approximate surface area is 82.2 Å². The molecule has 2 nitrogen and oxygen atoms in total. The first-order chi connectivity index (χ1) is 5.72. The Kier molecular flexibility index (Phi) is 4.06. The number of alkyl halides is 1. The Bertz CT molecular complexity index is 161. The maximum absolute atomic E-state index is 11.0. The van der Waals surface area contributed by atoms with E-state index in [1.54, 1.807) is 0 Å². The molecule has 12 heavy (non-hydrogen) atoms. The summed E-state index contributed by atoms with van der Waals surface area (Å²) >= 11 is 3.14. The molecule has 2 atom stereocenters. The van der Waals surface area contributed by atoms with E-state index in [9.17, 15) is 4.79 Å². The van der Waals surface area contributed by atoms with Gasteiger partial charge in [-0.05, 0) is 18.8 Å². The van der Waals surface area contributed by atoms with Crippen molar-refractivity contribution in [1.29, 1.82) is 0 Å². The van der Waals surface area contributed by atoms with Gasteiger partial charge in [0.05, 0.1) is 5.33 Å². The maximum Gasteiger partial charge on any atom is 0.230 e. The summed E-state index contributed by atoms with van der Waals surface area (Å²) in [5, 5.41) is 3.44. The minimum Gasteiger partial charge on any atom is -0.353 e. The second kappa shape index (κ2) is 4.85. The summed E-state index contributed by atoms with van der Waals surface area (Å²) in [5.41, 5.74) is 0. The number of hydrogen-bond donors (Lipinski definition) is 1. The Hall–Kier alpha value is -0.0500. The zero-order valence-corrected chi connectivity index (χ0v) is 9.06. The Morgan fingerprint density at radius 2 is 2.33 bits per heavy atom. The summed E-state index contributed by atoms with van der Waals surface area (Å²) < 4.78 is 0. The van der Waals surface area contributed by atoms with Crippen LogP contribution < -0.4 is 5.32 Å². The minimum absolute atomic E-state index is 0.120. The highest BCUT2D eigenvalue weighted by Gasteiger charge is 2.19. The van der Waals surface area contributed by atoms with Crippen molar-refractivity contribution in [3.05, 3.63) is 0 Å². The van der Waals surface area contributed by atoms with Gasteiger partial charge in [0, 0.05) is 6.04 Å². The normalized spacial score (nSPS) is 29.8. The van der Waals surface area contributed by atoms with E-state index < -0.39 is 0 Å². The molecule has 0 aromatic rings. The fourth-order valence-electron chi connectivity index (χ4n) is 1.83. The van der Waals surface area contributed by atoms with Crippen molar-refractivity contribution in [2.45, 2.75) is 38.6 Å². The number of nitrogens with one attached hydrogen (secondary N) is 1. The van der Waals surface area contributed by atoms with Crippen molar-refractivity contribution in [2.75, 3.05) is 5.33 Å². The smallest absolute Gasteiger partial charge is 0.230 e. The first kappa shape index (κ1) is 10.0. The van der Waals surface area contributed by atoms with Crippen LogP contribution in [-0.4, -0.2) is 17.3 Å². The quantitative estimate of drug-likeness (QED) is 0.728. The molecule has 70 valence electrons. The van der Waals surface area contributed by atoms with Gasteiger partial charge >= 0.3 is 0 Å². The average molecular weight is 234 g/mol. The molecule has 0 aromatic carbocycles. The van der Waals surface area contributed by atoms with Gasteiger partial charge in [0.1, 0.15) is 0 Å². The molecule has 1 aliphatic carbocycles. The third kappa shape index (κ3) is 3.13. The molecule has 0 spiro atoms. The standard InChI is InChI=1S/C9H16BrNO/c1-7-3-2-4-8(5-7)11-9(12)6-10/h7-8H,2-6H2,1H3,(H,11,12). The summed E-state index contributed by atoms with van der Waals surface area (Å²) in [7, 11) is 0. The highest BCUT2D eigenvalue weighted by Crippen LogP contribution is 2.23. The van der Waals surface area contributed by atoms with Crippen LogP contribution in [0.15, 0.2) is 0 Å². The molecule has 1 aliphatic rings. The lowest BCUT2D eigenvalue weighted by Gasteiger charge is -2.27. The van der Waals surface area contributed by atoms with E-state index >= 15 is 0 Å². The maximum atomic E-state index is 11.0. The lowest BCUT2D eigenvalue weighted by Crippen LogP contribution is -2.38. The minimum atomic E-state index is 0.120. The largest absolute Gasteiger partial charge is 0.353 e. The molecule has 0 bridgehead atoms. The molecular formula is C9H16BrNO. The highest BCUT2D eigenvalue weighted by molar-refractivity contribution is 9.09. The number of rotatable bonds is 2. The van der Waals surface area contributed by atoms with Gasteiger partial charge in [-0.3, -0.25) is 4.79 Å². The van der Waals surface area contributed by atoms with E-state index in [-0.39, 0.29) is 5.91 Å². The summed E-state index contributed by atoms with van der Waals surface area (Å²) in [6, 6.07) is 0.429. The van der Waals surface area contributed by atoms with Crippen molar-refractivity contribution in [2.24, 2.45) is 5.92 Å². The topological polar surface area (TPSA) is 29.1 Å². The number of hydrogen-bond acceptors (Lipinski definition) is 1. The van der Waals surface area contributed by atoms with Crippen molar-refractivity contribution < 1.29 is 4.79 Å². The number of carbonyl (C=O) groups excluding carboxylic acids is 1. The number of amides is 1. The van der Waals surface area contributed by atoms with Crippen molar-refractivity contribution in [3.8, 4) is 0 Å². The third-order valence-electron chi connectivity index (χ3n) is 2.42. The lowest BCUT2D eigenvalue weighted by atomic mass is 9.87. The van der Waals surface area contributed by atoms with E-state index in [2.05, 4.69) is 28.2 Å². The van der Waals surface area contributed by atoms with E-state index in [0.717, 1.165) is 18.8 Å². The monoisotopic (exact) mass is 233 g/mol. The molecule has 0 heterocycles. The average Bonchev–Trinajstić information content (AvgIpc) is 2.04. The molecule has 0 aliphatic heterocycles. The summed E-state index contributed by atoms with van der Waals surface area (Å²) in [6.07, 6.45) is 4.89. The molecule has 1 fully saturated rings. The zero-order valence-electron chi connectivity index (χ0n) is 7.48. The molecule has 1 amide bonds. The van der Waals surface area contributed by atoms with E-state index in [4.69, 9.17) is 0 Å². The van der Waals surface area contributed by atoms with Crippen LogP contribution in [-0.2, 0) is 4.79 Å². The molecule has 1 N–H and O–H groups in total. The van der Waals surface area contributed by atoms with E-state index in [1.807, 2.05) is 0 Å². The molecule has 1 saturated carbocycles. The first-order valence-corrected chi connectivity index (χ1v) is 5.70. The second-order valence-electron chi connectivity index (χ2n) is 3.67. The molecule has 0 aromatic heterocycles. The van der Waals surface area contributed by atoms with Crippen LogP contribution in [0.4, 0.5) is 0 Å². The molecule has 0 saturated heterocycles. The van der Waals surface area contributed by atoms with Crippen molar-refractivity contribution in [3.63, 3.8) is 0 Å². The lowest BCUT2D eigenvalue weighted by molar-refractivity contribution is -0.119. The van der Waals surface area contributed by atoms with Crippen LogP contribution in [0.1, 0.15) is 32.6 Å². The van der Waals surface area contributed by atoms with Gasteiger partial charge in [-0.1, -0.05) is 35.7 Å². The first-order valence-electron chi connectivity index (χ1n) is 4.57. The molecular weight excluding hydrogens is 218 g/mol. The Morgan fingerprint density at radius 3 is 2.92 bits per heavy atom. The Morgan fingerprint density at radius 1 is 1.58 bits per heavy atom. The molecule has 0 radical (unpaired) electrons. The van der Waals surface area contributed by atoms with Crippen LogP contribution >= 0.6 is 15.9 Å². The van der Waals surface area contributed by atoms with Gasteiger partial charge < -0.3 is 5.32 Å². The summed E-state index contributed by atoms with van der Waals surface area (Å²) in [6.45, 7) is 2.26. The van der Waals surface area contributed by atoms with Crippen molar-refractivity contribution >= 4 is 21.8 Å².